The van der Waals surface area contributed by atoms with Gasteiger partial charge in [0.1, 0.15) is 5.82 Å². The normalized spacial score (nSPS) is 29.7. The number of hydrogen-bond donors (Lipinski definition) is 0. The van der Waals surface area contributed by atoms with Crippen LogP contribution in [0, 0.1) is 16.6 Å². The molecule has 4 nitrogen and oxygen atoms in total. The molecule has 3 fully saturated rings. The SMILES string of the molecule is CC1(C)C[C@H]2C[C@@](C)(CN2C(=O)COC(=O)C2(c3ccc(F)cc3)CCCC2)C1. The summed E-state index contributed by atoms with van der Waals surface area (Å²) in [5, 5.41) is 0. The highest BCUT2D eigenvalue weighted by molar-refractivity contribution is 5.87. The number of halogens is 1. The summed E-state index contributed by atoms with van der Waals surface area (Å²) in [7, 11) is 0. The predicted molar refractivity (Wildman–Crippen MR) is 109 cm³/mol. The van der Waals surface area contributed by atoms with Crippen molar-refractivity contribution in [3.63, 3.8) is 0 Å². The number of rotatable bonds is 4. The van der Waals surface area contributed by atoms with Crippen LogP contribution in [0.1, 0.15) is 71.3 Å². The zero-order chi connectivity index (χ0) is 20.9. The molecular formula is C24H32FNO3. The van der Waals surface area contributed by atoms with Crippen molar-refractivity contribution < 1.29 is 18.7 Å². The first-order valence-electron chi connectivity index (χ1n) is 10.9. The fourth-order valence-corrected chi connectivity index (χ4v) is 6.46. The van der Waals surface area contributed by atoms with Crippen LogP contribution in [0.5, 0.6) is 0 Å². The molecule has 5 heteroatoms. The van der Waals surface area contributed by atoms with Crippen molar-refractivity contribution in [3.05, 3.63) is 35.6 Å². The Labute approximate surface area is 172 Å². The van der Waals surface area contributed by atoms with Crippen molar-refractivity contribution >= 4 is 11.9 Å². The van der Waals surface area contributed by atoms with E-state index in [4.69, 9.17) is 4.74 Å². The number of nitrogens with zero attached hydrogens (tertiary/aromatic N) is 1. The van der Waals surface area contributed by atoms with Gasteiger partial charge in [0, 0.05) is 12.6 Å². The monoisotopic (exact) mass is 401 g/mol. The molecule has 0 spiro atoms. The minimum absolute atomic E-state index is 0.0861. The molecule has 1 amide bonds. The van der Waals surface area contributed by atoms with Crippen molar-refractivity contribution in [2.24, 2.45) is 10.8 Å². The van der Waals surface area contributed by atoms with E-state index in [2.05, 4.69) is 20.8 Å². The van der Waals surface area contributed by atoms with Crippen LogP contribution in [0.2, 0.25) is 0 Å². The lowest BCUT2D eigenvalue weighted by atomic mass is 9.65. The van der Waals surface area contributed by atoms with E-state index in [0.29, 0.717) is 12.8 Å². The van der Waals surface area contributed by atoms with Crippen molar-refractivity contribution in [2.45, 2.75) is 77.2 Å². The lowest BCUT2D eigenvalue weighted by Crippen LogP contribution is -2.42. The molecule has 2 aliphatic carbocycles. The smallest absolute Gasteiger partial charge is 0.317 e. The Bertz CT molecular complexity index is 797. The fourth-order valence-electron chi connectivity index (χ4n) is 6.46. The molecular weight excluding hydrogens is 369 g/mol. The molecule has 1 aromatic carbocycles. The third-order valence-electron chi connectivity index (χ3n) is 7.31. The summed E-state index contributed by atoms with van der Waals surface area (Å²) in [5.74, 6) is -0.747. The molecule has 3 aliphatic rings. The van der Waals surface area contributed by atoms with Crippen molar-refractivity contribution in [3.8, 4) is 0 Å². The summed E-state index contributed by atoms with van der Waals surface area (Å²) >= 11 is 0. The van der Waals surface area contributed by atoms with Gasteiger partial charge in [-0.3, -0.25) is 9.59 Å². The highest BCUT2D eigenvalue weighted by Crippen LogP contribution is 2.52. The minimum atomic E-state index is -0.747. The third-order valence-corrected chi connectivity index (χ3v) is 7.31. The molecule has 0 unspecified atom stereocenters. The van der Waals surface area contributed by atoms with Gasteiger partial charge < -0.3 is 9.64 Å². The van der Waals surface area contributed by atoms with Gasteiger partial charge in [0.25, 0.3) is 5.91 Å². The van der Waals surface area contributed by atoms with Gasteiger partial charge >= 0.3 is 5.97 Å². The van der Waals surface area contributed by atoms with Gasteiger partial charge in [0.2, 0.25) is 0 Å². The summed E-state index contributed by atoms with van der Waals surface area (Å²) in [6.07, 6.45) is 6.39. The Morgan fingerprint density at radius 1 is 1.10 bits per heavy atom. The average molecular weight is 402 g/mol. The first kappa shape index (κ1) is 20.4. The molecule has 0 aromatic heterocycles. The van der Waals surface area contributed by atoms with Crippen LogP contribution in [0.25, 0.3) is 0 Å². The molecule has 1 aliphatic heterocycles. The molecule has 0 radical (unpaired) electrons. The number of amides is 1. The lowest BCUT2D eigenvalue weighted by Gasteiger charge is -2.39. The average Bonchev–Trinajstić information content (AvgIpc) is 3.22. The van der Waals surface area contributed by atoms with Gasteiger partial charge in [-0.25, -0.2) is 4.39 Å². The molecule has 2 bridgehead atoms. The van der Waals surface area contributed by atoms with Gasteiger partial charge in [-0.05, 0) is 60.6 Å². The Hall–Kier alpha value is -1.91. The van der Waals surface area contributed by atoms with E-state index < -0.39 is 5.41 Å². The molecule has 2 atom stereocenters. The predicted octanol–water partition coefficient (Wildman–Crippen LogP) is 4.61. The van der Waals surface area contributed by atoms with Crippen molar-refractivity contribution in [1.82, 2.24) is 4.90 Å². The van der Waals surface area contributed by atoms with E-state index in [1.165, 1.54) is 12.1 Å². The maximum Gasteiger partial charge on any atom is 0.317 e. The molecule has 29 heavy (non-hydrogen) atoms. The van der Waals surface area contributed by atoms with Gasteiger partial charge in [-0.1, -0.05) is 45.7 Å². The molecule has 1 heterocycles. The Balaban J connectivity index is 1.44. The van der Waals surface area contributed by atoms with Crippen LogP contribution in [0.4, 0.5) is 4.39 Å². The third kappa shape index (κ3) is 3.80. The minimum Gasteiger partial charge on any atom is -0.455 e. The number of fused-ring (bicyclic) bond motifs is 2. The van der Waals surface area contributed by atoms with Crippen molar-refractivity contribution in [2.75, 3.05) is 13.2 Å². The molecule has 1 aromatic rings. The van der Waals surface area contributed by atoms with Gasteiger partial charge in [-0.15, -0.1) is 0 Å². The van der Waals surface area contributed by atoms with Crippen LogP contribution >= 0.6 is 0 Å². The van der Waals surface area contributed by atoms with Gasteiger partial charge in [0.05, 0.1) is 5.41 Å². The van der Waals surface area contributed by atoms with E-state index in [1.54, 1.807) is 12.1 Å². The Kier molecular flexibility index (Phi) is 4.99. The summed E-state index contributed by atoms with van der Waals surface area (Å²) in [6, 6.07) is 6.38. The van der Waals surface area contributed by atoms with Crippen LogP contribution in [0.15, 0.2) is 24.3 Å². The fraction of sp³-hybridized carbons (Fsp3) is 0.667. The number of ether oxygens (including phenoxy) is 1. The molecule has 0 N–H and O–H groups in total. The van der Waals surface area contributed by atoms with E-state index in [9.17, 15) is 14.0 Å². The van der Waals surface area contributed by atoms with Crippen LogP contribution in [-0.2, 0) is 19.7 Å². The summed E-state index contributed by atoms with van der Waals surface area (Å²) in [4.78, 5) is 28.0. The van der Waals surface area contributed by atoms with Gasteiger partial charge in [0.15, 0.2) is 6.61 Å². The molecule has 4 rings (SSSR count). The lowest BCUT2D eigenvalue weighted by molar-refractivity contribution is -0.157. The standard InChI is InChI=1S/C24H32FNO3/c1-22(2)12-19-13-23(3,15-22)16-26(19)20(27)14-29-21(28)24(10-4-5-11-24)17-6-8-18(25)9-7-17/h6-9,19H,4-5,10-16H2,1-3H3/t19-,23+/m0/s1. The first-order chi connectivity index (χ1) is 13.6. The quantitative estimate of drug-likeness (QED) is 0.693. The summed E-state index contributed by atoms with van der Waals surface area (Å²) in [5.41, 5.74) is 0.440. The number of carbonyl (C=O) groups is 2. The second-order valence-electron chi connectivity index (χ2n) is 10.6. The van der Waals surface area contributed by atoms with E-state index >= 15 is 0 Å². The molecule has 158 valence electrons. The Morgan fingerprint density at radius 2 is 1.76 bits per heavy atom. The second kappa shape index (κ2) is 7.10. The summed E-state index contributed by atoms with van der Waals surface area (Å²) in [6.45, 7) is 7.37. The van der Waals surface area contributed by atoms with Crippen LogP contribution < -0.4 is 0 Å². The Morgan fingerprint density at radius 3 is 2.41 bits per heavy atom. The molecule has 2 saturated carbocycles. The van der Waals surface area contributed by atoms with E-state index in [1.807, 2.05) is 4.90 Å². The molecule has 1 saturated heterocycles. The highest BCUT2D eigenvalue weighted by atomic mass is 19.1. The zero-order valence-electron chi connectivity index (χ0n) is 17.8. The number of benzene rings is 1. The van der Waals surface area contributed by atoms with E-state index in [-0.39, 0.29) is 41.2 Å². The van der Waals surface area contributed by atoms with Crippen molar-refractivity contribution in [1.29, 1.82) is 0 Å². The number of likely N-dealkylation sites (tertiary alicyclic amines) is 1. The van der Waals surface area contributed by atoms with E-state index in [0.717, 1.165) is 44.2 Å². The maximum atomic E-state index is 13.4. The van der Waals surface area contributed by atoms with Crippen LogP contribution in [-0.4, -0.2) is 36.0 Å². The second-order valence-corrected chi connectivity index (χ2v) is 10.6. The van der Waals surface area contributed by atoms with Gasteiger partial charge in [-0.2, -0.15) is 0 Å². The van der Waals surface area contributed by atoms with Crippen LogP contribution in [0.3, 0.4) is 0 Å². The maximum absolute atomic E-state index is 13.4. The zero-order valence-corrected chi connectivity index (χ0v) is 17.8. The summed E-state index contributed by atoms with van der Waals surface area (Å²) < 4.78 is 19.0. The number of hydrogen-bond acceptors (Lipinski definition) is 3. The first-order valence-corrected chi connectivity index (χ1v) is 10.9. The number of carbonyl (C=O) groups excluding carboxylic acids is 2. The topological polar surface area (TPSA) is 46.6 Å². The number of esters is 1. The largest absolute Gasteiger partial charge is 0.455 e. The highest BCUT2D eigenvalue weighted by Gasteiger charge is 2.51.